The number of hydrogen-bond donors (Lipinski definition) is 0. The van der Waals surface area contributed by atoms with Crippen LogP contribution in [0.4, 0.5) is 0 Å². The van der Waals surface area contributed by atoms with Crippen LogP contribution in [0.3, 0.4) is 0 Å². The summed E-state index contributed by atoms with van der Waals surface area (Å²) in [5.74, 6) is 1.74. The summed E-state index contributed by atoms with van der Waals surface area (Å²) in [7, 11) is 1.77. The minimum absolute atomic E-state index is 0.0206. The first-order chi connectivity index (χ1) is 15.2. The van der Waals surface area contributed by atoms with E-state index in [2.05, 4.69) is 15.2 Å². The van der Waals surface area contributed by atoms with E-state index in [-0.39, 0.29) is 12.0 Å². The van der Waals surface area contributed by atoms with Gasteiger partial charge in [-0.25, -0.2) is 0 Å². The molecule has 0 aliphatic carbocycles. The molecule has 3 heterocycles. The average molecular weight is 415 g/mol. The zero-order valence-corrected chi connectivity index (χ0v) is 17.0. The molecule has 0 bridgehead atoms. The lowest BCUT2D eigenvalue weighted by molar-refractivity contribution is 0.0761. The maximum absolute atomic E-state index is 12.6. The summed E-state index contributed by atoms with van der Waals surface area (Å²) in [6.45, 7) is 1.22. The lowest BCUT2D eigenvalue weighted by atomic mass is 10.2. The molecule has 1 atom stereocenters. The highest BCUT2D eigenvalue weighted by molar-refractivity contribution is 5.92. The highest BCUT2D eigenvalue weighted by atomic mass is 16.5. The fourth-order valence-electron chi connectivity index (χ4n) is 3.67. The Morgan fingerprint density at radius 2 is 1.87 bits per heavy atom. The molecule has 0 radical (unpaired) electrons. The van der Waals surface area contributed by atoms with Gasteiger partial charge in [0.25, 0.3) is 11.8 Å². The van der Waals surface area contributed by atoms with Gasteiger partial charge in [0.15, 0.2) is 0 Å². The third-order valence-electron chi connectivity index (χ3n) is 5.33. The molecule has 8 nitrogen and oxygen atoms in total. The minimum Gasteiger partial charge on any atom is -0.489 e. The summed E-state index contributed by atoms with van der Waals surface area (Å²) >= 11 is 0. The fraction of sp³-hybridized carbons (Fsp3) is 0.217. The van der Waals surface area contributed by atoms with E-state index >= 15 is 0 Å². The molecule has 31 heavy (non-hydrogen) atoms. The van der Waals surface area contributed by atoms with Crippen molar-refractivity contribution in [3.05, 3.63) is 72.6 Å². The molecule has 2 aromatic carbocycles. The molecule has 1 unspecified atom stereocenters. The lowest BCUT2D eigenvalue weighted by Gasteiger charge is -2.17. The smallest absolute Gasteiger partial charge is 0.272 e. The fourth-order valence-corrected chi connectivity index (χ4v) is 3.67. The largest absolute Gasteiger partial charge is 0.489 e. The van der Waals surface area contributed by atoms with E-state index in [1.165, 1.54) is 0 Å². The Morgan fingerprint density at radius 3 is 2.61 bits per heavy atom. The van der Waals surface area contributed by atoms with Crippen LogP contribution in [0.2, 0.25) is 0 Å². The number of amides is 1. The summed E-state index contributed by atoms with van der Waals surface area (Å²) in [5.41, 5.74) is 2.31. The first-order valence-electron chi connectivity index (χ1n) is 10.1. The monoisotopic (exact) mass is 415 g/mol. The van der Waals surface area contributed by atoms with Crippen LogP contribution in [-0.4, -0.2) is 49.9 Å². The van der Waals surface area contributed by atoms with Gasteiger partial charge in [0.2, 0.25) is 5.82 Å². The Balaban J connectivity index is 1.22. The van der Waals surface area contributed by atoms with E-state index in [4.69, 9.17) is 9.26 Å². The first-order valence-corrected chi connectivity index (χ1v) is 10.1. The topological polar surface area (TPSA) is 86.3 Å². The first kappa shape index (κ1) is 19.0. The van der Waals surface area contributed by atoms with Crippen molar-refractivity contribution in [1.82, 2.24) is 24.8 Å². The third-order valence-corrected chi connectivity index (χ3v) is 5.33. The van der Waals surface area contributed by atoms with Crippen molar-refractivity contribution < 1.29 is 14.1 Å². The molecular formula is C23H21N5O3. The second-order valence-electron chi connectivity index (χ2n) is 7.43. The SMILES string of the molecule is Cn1nccc1C(=O)N1CCC(Oc2ccc(-c3noc(-c4ccccc4)n3)cc2)C1. The number of carbonyl (C=O) groups is 1. The van der Waals surface area contributed by atoms with Crippen molar-refractivity contribution >= 4 is 5.91 Å². The standard InChI is InChI=1S/C23H21N5O3/c1-27-20(11-13-24-27)23(29)28-14-12-19(15-28)30-18-9-7-16(8-10-18)21-25-22(31-26-21)17-5-3-2-4-6-17/h2-11,13,19H,12,14-15H2,1H3. The van der Waals surface area contributed by atoms with Crippen molar-refractivity contribution in [1.29, 1.82) is 0 Å². The predicted molar refractivity (Wildman–Crippen MR) is 113 cm³/mol. The van der Waals surface area contributed by atoms with E-state index in [0.717, 1.165) is 23.3 Å². The molecule has 4 aromatic rings. The number of benzene rings is 2. The minimum atomic E-state index is -0.0436. The zero-order valence-electron chi connectivity index (χ0n) is 17.0. The number of hydrogen-bond acceptors (Lipinski definition) is 6. The second kappa shape index (κ2) is 8.06. The molecule has 0 saturated carbocycles. The van der Waals surface area contributed by atoms with Crippen LogP contribution in [0.5, 0.6) is 5.75 Å². The van der Waals surface area contributed by atoms with Crippen LogP contribution in [0, 0.1) is 0 Å². The van der Waals surface area contributed by atoms with Crippen LogP contribution in [0.25, 0.3) is 22.8 Å². The van der Waals surface area contributed by atoms with Gasteiger partial charge in [-0.2, -0.15) is 10.1 Å². The molecule has 1 saturated heterocycles. The van der Waals surface area contributed by atoms with E-state index in [1.54, 1.807) is 28.9 Å². The van der Waals surface area contributed by atoms with Gasteiger partial charge in [-0.15, -0.1) is 0 Å². The summed E-state index contributed by atoms with van der Waals surface area (Å²) < 4.78 is 13.1. The zero-order chi connectivity index (χ0) is 21.2. The Labute approximate surface area is 179 Å². The molecule has 0 N–H and O–H groups in total. The van der Waals surface area contributed by atoms with Crippen molar-refractivity contribution in [2.45, 2.75) is 12.5 Å². The van der Waals surface area contributed by atoms with Crippen LogP contribution < -0.4 is 4.74 Å². The van der Waals surface area contributed by atoms with Crippen molar-refractivity contribution in [2.24, 2.45) is 7.05 Å². The van der Waals surface area contributed by atoms with Crippen LogP contribution in [0.15, 0.2) is 71.4 Å². The van der Waals surface area contributed by atoms with Gasteiger partial charge in [0.1, 0.15) is 17.5 Å². The molecular weight excluding hydrogens is 394 g/mol. The van der Waals surface area contributed by atoms with Crippen molar-refractivity contribution in [3.63, 3.8) is 0 Å². The maximum atomic E-state index is 12.6. The molecule has 1 amide bonds. The molecule has 0 spiro atoms. The Morgan fingerprint density at radius 1 is 1.06 bits per heavy atom. The lowest BCUT2D eigenvalue weighted by Crippen LogP contribution is -2.32. The second-order valence-corrected chi connectivity index (χ2v) is 7.43. The van der Waals surface area contributed by atoms with Gasteiger partial charge in [-0.05, 0) is 42.5 Å². The van der Waals surface area contributed by atoms with Crippen LogP contribution in [-0.2, 0) is 7.05 Å². The average Bonchev–Trinajstić information content (AvgIpc) is 3.56. The number of nitrogens with zero attached hydrogens (tertiary/aromatic N) is 5. The van der Waals surface area contributed by atoms with E-state index in [0.29, 0.717) is 30.5 Å². The summed E-state index contributed by atoms with van der Waals surface area (Å²) in [6.07, 6.45) is 2.38. The Bertz CT molecular complexity index is 1180. The molecule has 8 heteroatoms. The van der Waals surface area contributed by atoms with Gasteiger partial charge in [0, 0.05) is 37.3 Å². The Kier molecular flexibility index (Phi) is 4.95. The van der Waals surface area contributed by atoms with Gasteiger partial charge in [-0.1, -0.05) is 23.4 Å². The summed E-state index contributed by atoms with van der Waals surface area (Å²) in [6, 6.07) is 19.0. The molecule has 1 aliphatic rings. The van der Waals surface area contributed by atoms with Gasteiger partial charge < -0.3 is 14.2 Å². The summed E-state index contributed by atoms with van der Waals surface area (Å²) in [5, 5.41) is 8.15. The van der Waals surface area contributed by atoms with E-state index in [1.807, 2.05) is 54.6 Å². The number of aromatic nitrogens is 4. The highest BCUT2D eigenvalue weighted by Crippen LogP contribution is 2.25. The number of aryl methyl sites for hydroxylation is 1. The van der Waals surface area contributed by atoms with Gasteiger partial charge in [-0.3, -0.25) is 9.48 Å². The third kappa shape index (κ3) is 3.92. The molecule has 1 fully saturated rings. The van der Waals surface area contributed by atoms with Crippen LogP contribution in [0.1, 0.15) is 16.9 Å². The quantitative estimate of drug-likeness (QED) is 0.496. The van der Waals surface area contributed by atoms with Gasteiger partial charge in [0.05, 0.1) is 6.54 Å². The molecule has 2 aromatic heterocycles. The van der Waals surface area contributed by atoms with Crippen molar-refractivity contribution in [2.75, 3.05) is 13.1 Å². The predicted octanol–water partition coefficient (Wildman–Crippen LogP) is 3.43. The van der Waals surface area contributed by atoms with E-state index < -0.39 is 0 Å². The van der Waals surface area contributed by atoms with Gasteiger partial charge >= 0.3 is 0 Å². The molecule has 5 rings (SSSR count). The molecule has 156 valence electrons. The molecule has 1 aliphatic heterocycles. The summed E-state index contributed by atoms with van der Waals surface area (Å²) in [4.78, 5) is 18.9. The van der Waals surface area contributed by atoms with Crippen molar-refractivity contribution in [3.8, 4) is 28.6 Å². The number of carbonyl (C=O) groups excluding carboxylic acids is 1. The normalized spacial score (nSPS) is 15.9. The van der Waals surface area contributed by atoms with E-state index in [9.17, 15) is 4.79 Å². The highest BCUT2D eigenvalue weighted by Gasteiger charge is 2.29. The maximum Gasteiger partial charge on any atom is 0.272 e. The Hall–Kier alpha value is -3.94. The van der Waals surface area contributed by atoms with Crippen LogP contribution >= 0.6 is 0 Å². The number of likely N-dealkylation sites (tertiary alicyclic amines) is 1. The number of rotatable bonds is 5. The number of ether oxygens (including phenoxy) is 1.